The van der Waals surface area contributed by atoms with Crippen molar-refractivity contribution in [2.75, 3.05) is 28.7 Å². The van der Waals surface area contributed by atoms with E-state index in [0.717, 1.165) is 34.1 Å². The molecule has 0 unspecified atom stereocenters. The molecule has 2 amide bonds. The van der Waals surface area contributed by atoms with Crippen molar-refractivity contribution in [3.8, 4) is 0 Å². The van der Waals surface area contributed by atoms with Gasteiger partial charge in [0.1, 0.15) is 5.76 Å². The summed E-state index contributed by atoms with van der Waals surface area (Å²) >= 11 is 1.08. The van der Waals surface area contributed by atoms with Crippen molar-refractivity contribution in [2.45, 2.75) is 27.7 Å². The Morgan fingerprint density at radius 1 is 1.00 bits per heavy atom. The molecule has 0 radical (unpaired) electrons. The van der Waals surface area contributed by atoms with Gasteiger partial charge in [0.2, 0.25) is 5.91 Å². The second kappa shape index (κ2) is 9.93. The summed E-state index contributed by atoms with van der Waals surface area (Å²) < 4.78 is 9.79. The maximum absolute atomic E-state index is 12.0. The molecule has 1 heterocycles. The van der Waals surface area contributed by atoms with Gasteiger partial charge in [-0.2, -0.15) is 0 Å². The van der Waals surface area contributed by atoms with E-state index in [1.165, 1.54) is 0 Å². The van der Waals surface area contributed by atoms with Crippen LogP contribution < -0.4 is 10.6 Å². The SMILES string of the molecule is Cc1cc(C)c(NC(=O)COC(=O)CSCC(=O)Nc2cc(C)on2)c(C)c1. The molecule has 0 aliphatic heterocycles. The number of aryl methyl sites for hydroxylation is 4. The number of esters is 1. The van der Waals surface area contributed by atoms with E-state index in [1.54, 1.807) is 13.0 Å². The number of nitrogens with zero attached hydrogens (tertiary/aromatic N) is 1. The van der Waals surface area contributed by atoms with Crippen molar-refractivity contribution < 1.29 is 23.6 Å². The van der Waals surface area contributed by atoms with E-state index >= 15 is 0 Å². The molecule has 0 aliphatic rings. The predicted molar refractivity (Wildman–Crippen MR) is 107 cm³/mol. The molecular formula is C19H23N3O5S. The first-order chi connectivity index (χ1) is 13.2. The molecule has 0 saturated carbocycles. The fourth-order valence-electron chi connectivity index (χ4n) is 2.57. The normalized spacial score (nSPS) is 10.4. The third-order valence-corrected chi connectivity index (χ3v) is 4.56. The Hall–Kier alpha value is -2.81. The Bertz CT molecular complexity index is 855. The predicted octanol–water partition coefficient (Wildman–Crippen LogP) is 2.76. The Labute approximate surface area is 167 Å². The largest absolute Gasteiger partial charge is 0.455 e. The maximum Gasteiger partial charge on any atom is 0.316 e. The van der Waals surface area contributed by atoms with Crippen LogP contribution >= 0.6 is 11.8 Å². The van der Waals surface area contributed by atoms with Crippen LogP contribution in [0.2, 0.25) is 0 Å². The highest BCUT2D eigenvalue weighted by Gasteiger charge is 2.12. The first-order valence-electron chi connectivity index (χ1n) is 8.59. The number of amides is 2. The van der Waals surface area contributed by atoms with E-state index in [4.69, 9.17) is 9.26 Å². The Balaban J connectivity index is 1.68. The molecular weight excluding hydrogens is 382 g/mol. The summed E-state index contributed by atoms with van der Waals surface area (Å²) in [6, 6.07) is 5.53. The minimum atomic E-state index is -0.567. The Kier molecular flexibility index (Phi) is 7.62. The lowest BCUT2D eigenvalue weighted by molar-refractivity contribution is -0.144. The van der Waals surface area contributed by atoms with Gasteiger partial charge in [0.15, 0.2) is 12.4 Å². The molecule has 0 bridgehead atoms. The molecule has 0 fully saturated rings. The molecule has 2 N–H and O–H groups in total. The first-order valence-corrected chi connectivity index (χ1v) is 9.74. The molecule has 8 nitrogen and oxygen atoms in total. The molecule has 1 aromatic carbocycles. The number of hydrogen-bond donors (Lipinski definition) is 2. The van der Waals surface area contributed by atoms with Gasteiger partial charge in [-0.25, -0.2) is 0 Å². The smallest absolute Gasteiger partial charge is 0.316 e. The summed E-state index contributed by atoms with van der Waals surface area (Å²) in [5, 5.41) is 8.96. The summed E-state index contributed by atoms with van der Waals surface area (Å²) in [5.74, 6) is -0.370. The molecule has 150 valence electrons. The zero-order chi connectivity index (χ0) is 20.7. The number of anilines is 2. The standard InChI is InChI=1S/C19H23N3O5S/c1-11-5-12(2)19(13(3)6-11)21-16(23)8-26-18(25)10-28-9-17(24)20-15-7-14(4)27-22-15/h5-7H,8-10H2,1-4H3,(H,21,23)(H,20,22,24). The molecule has 0 aliphatic carbocycles. The summed E-state index contributed by atoms with van der Waals surface area (Å²) in [6.45, 7) is 7.13. The molecule has 0 saturated heterocycles. The van der Waals surface area contributed by atoms with Crippen LogP contribution in [0.5, 0.6) is 0 Å². The molecule has 0 atom stereocenters. The summed E-state index contributed by atoms with van der Waals surface area (Å²) in [6.07, 6.45) is 0. The molecule has 2 aromatic rings. The number of carbonyl (C=O) groups is 3. The average molecular weight is 405 g/mol. The van der Waals surface area contributed by atoms with E-state index in [-0.39, 0.29) is 24.0 Å². The lowest BCUT2D eigenvalue weighted by Crippen LogP contribution is -2.23. The molecule has 2 rings (SSSR count). The van der Waals surface area contributed by atoms with Crippen LogP contribution in [-0.2, 0) is 19.1 Å². The second-order valence-corrected chi connectivity index (χ2v) is 7.33. The van der Waals surface area contributed by atoms with Gasteiger partial charge < -0.3 is 19.9 Å². The minimum absolute atomic E-state index is 0.0405. The van der Waals surface area contributed by atoms with Crippen LogP contribution in [-0.4, -0.2) is 41.1 Å². The summed E-state index contributed by atoms with van der Waals surface area (Å²) in [5.41, 5.74) is 3.72. The number of carbonyl (C=O) groups excluding carboxylic acids is 3. The van der Waals surface area contributed by atoms with Crippen LogP contribution in [0.3, 0.4) is 0 Å². The number of aromatic nitrogens is 1. The second-order valence-electron chi connectivity index (χ2n) is 6.35. The Morgan fingerprint density at radius 2 is 1.68 bits per heavy atom. The van der Waals surface area contributed by atoms with Crippen molar-refractivity contribution in [1.29, 1.82) is 0 Å². The quantitative estimate of drug-likeness (QED) is 0.650. The summed E-state index contributed by atoms with van der Waals surface area (Å²) in [7, 11) is 0. The zero-order valence-corrected chi connectivity index (χ0v) is 17.1. The number of hydrogen-bond acceptors (Lipinski definition) is 7. The lowest BCUT2D eigenvalue weighted by atomic mass is 10.1. The zero-order valence-electron chi connectivity index (χ0n) is 16.3. The van der Waals surface area contributed by atoms with Crippen molar-refractivity contribution >= 4 is 41.1 Å². The van der Waals surface area contributed by atoms with E-state index < -0.39 is 11.9 Å². The Morgan fingerprint density at radius 3 is 2.29 bits per heavy atom. The van der Waals surface area contributed by atoms with E-state index in [1.807, 2.05) is 32.9 Å². The number of rotatable bonds is 8. The highest BCUT2D eigenvalue weighted by Crippen LogP contribution is 2.21. The maximum atomic E-state index is 12.0. The molecule has 0 spiro atoms. The fraction of sp³-hybridized carbons (Fsp3) is 0.368. The number of ether oxygens (including phenoxy) is 1. The molecule has 1 aromatic heterocycles. The summed E-state index contributed by atoms with van der Waals surface area (Å²) in [4.78, 5) is 35.5. The monoisotopic (exact) mass is 405 g/mol. The van der Waals surface area contributed by atoms with Crippen LogP contribution in [0.15, 0.2) is 22.7 Å². The van der Waals surface area contributed by atoms with Gasteiger partial charge in [-0.15, -0.1) is 11.8 Å². The van der Waals surface area contributed by atoms with Crippen LogP contribution in [0.4, 0.5) is 11.5 Å². The van der Waals surface area contributed by atoms with Crippen molar-refractivity contribution in [3.05, 3.63) is 40.6 Å². The average Bonchev–Trinajstić information content (AvgIpc) is 3.01. The number of thioether (sulfide) groups is 1. The van der Waals surface area contributed by atoms with Gasteiger partial charge in [-0.1, -0.05) is 22.9 Å². The topological polar surface area (TPSA) is 111 Å². The van der Waals surface area contributed by atoms with Gasteiger partial charge in [-0.3, -0.25) is 14.4 Å². The van der Waals surface area contributed by atoms with Gasteiger partial charge >= 0.3 is 5.97 Å². The number of benzene rings is 1. The van der Waals surface area contributed by atoms with Gasteiger partial charge in [0.25, 0.3) is 5.91 Å². The highest BCUT2D eigenvalue weighted by molar-refractivity contribution is 8.00. The third-order valence-electron chi connectivity index (χ3n) is 3.65. The van der Waals surface area contributed by atoms with Crippen LogP contribution in [0.1, 0.15) is 22.5 Å². The van der Waals surface area contributed by atoms with Crippen LogP contribution in [0.25, 0.3) is 0 Å². The highest BCUT2D eigenvalue weighted by atomic mass is 32.2. The van der Waals surface area contributed by atoms with Gasteiger partial charge in [-0.05, 0) is 38.8 Å². The minimum Gasteiger partial charge on any atom is -0.455 e. The molecule has 28 heavy (non-hydrogen) atoms. The van der Waals surface area contributed by atoms with Crippen LogP contribution in [0, 0.1) is 27.7 Å². The van der Waals surface area contributed by atoms with Crippen molar-refractivity contribution in [3.63, 3.8) is 0 Å². The van der Waals surface area contributed by atoms with Gasteiger partial charge in [0, 0.05) is 11.8 Å². The fourth-order valence-corrected chi connectivity index (χ4v) is 3.18. The van der Waals surface area contributed by atoms with Crippen molar-refractivity contribution in [1.82, 2.24) is 5.16 Å². The van der Waals surface area contributed by atoms with E-state index in [0.29, 0.717) is 11.6 Å². The number of nitrogens with one attached hydrogen (secondary N) is 2. The molecule has 9 heteroatoms. The van der Waals surface area contributed by atoms with E-state index in [9.17, 15) is 14.4 Å². The van der Waals surface area contributed by atoms with Crippen molar-refractivity contribution in [2.24, 2.45) is 0 Å². The lowest BCUT2D eigenvalue weighted by Gasteiger charge is -2.13. The third kappa shape index (κ3) is 6.73. The van der Waals surface area contributed by atoms with E-state index in [2.05, 4.69) is 15.8 Å². The van der Waals surface area contributed by atoms with Gasteiger partial charge in [0.05, 0.1) is 11.5 Å². The first kappa shape index (κ1) is 21.5.